The fourth-order valence-corrected chi connectivity index (χ4v) is 5.51. The first-order chi connectivity index (χ1) is 16.9. The number of fused-ring (bicyclic) bond motifs is 3. The van der Waals surface area contributed by atoms with Gasteiger partial charge in [-0.1, -0.05) is 25.1 Å². The van der Waals surface area contributed by atoms with Gasteiger partial charge in [0.15, 0.2) is 5.54 Å². The predicted octanol–water partition coefficient (Wildman–Crippen LogP) is 2.99. The Balaban J connectivity index is 1.77. The average molecular weight is 477 g/mol. The number of ether oxygens (including phenoxy) is 2. The minimum absolute atomic E-state index is 0.00602. The first kappa shape index (κ1) is 23.1. The van der Waals surface area contributed by atoms with Crippen LogP contribution in [0.4, 0.5) is 5.69 Å². The van der Waals surface area contributed by atoms with Gasteiger partial charge in [-0.05, 0) is 43.2 Å². The van der Waals surface area contributed by atoms with Gasteiger partial charge in [-0.15, -0.1) is 0 Å². The molecule has 3 aliphatic heterocycles. The van der Waals surface area contributed by atoms with E-state index in [9.17, 15) is 19.5 Å². The van der Waals surface area contributed by atoms with Crippen molar-refractivity contribution in [1.29, 1.82) is 0 Å². The number of anilines is 1. The SMILES string of the molecule is CCCN1C(=O)C2(C(=C(O)c3ccc4c(c3)CC(C)O4)C(=O)C(=O)N2CCOC)c2ccccc21. The van der Waals surface area contributed by atoms with E-state index in [4.69, 9.17) is 9.47 Å². The largest absolute Gasteiger partial charge is 0.507 e. The van der Waals surface area contributed by atoms with E-state index >= 15 is 0 Å². The second kappa shape index (κ2) is 8.53. The van der Waals surface area contributed by atoms with Crippen LogP contribution < -0.4 is 9.64 Å². The van der Waals surface area contributed by atoms with Gasteiger partial charge in [-0.25, -0.2) is 0 Å². The van der Waals surface area contributed by atoms with E-state index in [1.54, 1.807) is 35.2 Å². The van der Waals surface area contributed by atoms with E-state index in [1.165, 1.54) is 12.0 Å². The number of carbonyl (C=O) groups is 3. The highest BCUT2D eigenvalue weighted by Gasteiger charge is 2.66. The molecule has 3 heterocycles. The number of aliphatic hydroxyl groups is 1. The maximum absolute atomic E-state index is 14.2. The highest BCUT2D eigenvalue weighted by Crippen LogP contribution is 2.53. The number of amides is 2. The molecule has 8 nitrogen and oxygen atoms in total. The number of rotatable bonds is 6. The van der Waals surface area contributed by atoms with Crippen molar-refractivity contribution in [2.45, 2.75) is 38.3 Å². The Morgan fingerprint density at radius 2 is 1.94 bits per heavy atom. The molecule has 2 amide bonds. The maximum atomic E-state index is 14.2. The third-order valence-electron chi connectivity index (χ3n) is 6.94. The van der Waals surface area contributed by atoms with Crippen molar-refractivity contribution in [2.75, 3.05) is 31.7 Å². The Labute approximate surface area is 203 Å². The molecule has 0 radical (unpaired) electrons. The standard InChI is InChI=1S/C27H28N2O6/c1-4-11-28-20-8-6-5-7-19(20)27(26(28)33)22(24(31)25(32)29(27)12-13-34-3)23(30)17-9-10-21-18(15-17)14-16(2)35-21/h5-10,15-16,30H,4,11-14H2,1-3H3. The van der Waals surface area contributed by atoms with E-state index in [0.29, 0.717) is 36.2 Å². The summed E-state index contributed by atoms with van der Waals surface area (Å²) >= 11 is 0. The molecule has 0 saturated carbocycles. The number of benzene rings is 2. The quantitative estimate of drug-likeness (QED) is 0.391. The van der Waals surface area contributed by atoms with Crippen LogP contribution in [0.15, 0.2) is 48.0 Å². The summed E-state index contributed by atoms with van der Waals surface area (Å²) in [6.45, 7) is 4.48. The number of ketones is 1. The molecule has 0 aromatic heterocycles. The van der Waals surface area contributed by atoms with Crippen molar-refractivity contribution in [3.05, 3.63) is 64.7 Å². The Hall–Kier alpha value is -3.65. The first-order valence-electron chi connectivity index (χ1n) is 11.9. The molecule has 2 atom stereocenters. The van der Waals surface area contributed by atoms with Gasteiger partial charge in [-0.3, -0.25) is 14.4 Å². The molecule has 1 saturated heterocycles. The molecule has 2 aromatic rings. The Morgan fingerprint density at radius 3 is 2.69 bits per heavy atom. The van der Waals surface area contributed by atoms with Crippen molar-refractivity contribution >= 4 is 29.0 Å². The lowest BCUT2D eigenvalue weighted by Crippen LogP contribution is -2.52. The molecule has 3 aliphatic rings. The summed E-state index contributed by atoms with van der Waals surface area (Å²) < 4.78 is 11.0. The van der Waals surface area contributed by atoms with Gasteiger partial charge in [0.25, 0.3) is 17.6 Å². The summed E-state index contributed by atoms with van der Waals surface area (Å²) in [5.41, 5.74) is 0.436. The zero-order valence-corrected chi connectivity index (χ0v) is 20.0. The fraction of sp³-hybridized carbons (Fsp3) is 0.370. The molecule has 1 fully saturated rings. The molecule has 2 unspecified atom stereocenters. The van der Waals surface area contributed by atoms with Crippen molar-refractivity contribution in [2.24, 2.45) is 0 Å². The third kappa shape index (κ3) is 3.20. The Kier molecular flexibility index (Phi) is 5.63. The summed E-state index contributed by atoms with van der Waals surface area (Å²) in [7, 11) is 1.49. The zero-order valence-electron chi connectivity index (χ0n) is 20.0. The number of Topliss-reactive ketones (excluding diaryl/α,β-unsaturated/α-hetero) is 1. The molecule has 8 heteroatoms. The van der Waals surface area contributed by atoms with Crippen LogP contribution in [-0.4, -0.2) is 60.5 Å². The van der Waals surface area contributed by atoms with Gasteiger partial charge in [0.05, 0.1) is 17.9 Å². The summed E-state index contributed by atoms with van der Waals surface area (Å²) in [6, 6.07) is 12.3. The van der Waals surface area contributed by atoms with E-state index in [1.807, 2.05) is 26.0 Å². The van der Waals surface area contributed by atoms with Crippen LogP contribution in [0.25, 0.3) is 5.76 Å². The monoisotopic (exact) mass is 476 g/mol. The Morgan fingerprint density at radius 1 is 1.17 bits per heavy atom. The number of carbonyl (C=O) groups excluding carboxylic acids is 3. The Bertz CT molecular complexity index is 1270. The molecule has 0 bridgehead atoms. The number of para-hydroxylation sites is 1. The van der Waals surface area contributed by atoms with Crippen LogP contribution in [0.1, 0.15) is 37.0 Å². The lowest BCUT2D eigenvalue weighted by atomic mass is 9.81. The van der Waals surface area contributed by atoms with Crippen LogP contribution in [0, 0.1) is 0 Å². The maximum Gasteiger partial charge on any atom is 0.296 e. The van der Waals surface area contributed by atoms with Gasteiger partial charge >= 0.3 is 0 Å². The number of likely N-dealkylation sites (tertiary alicyclic amines) is 1. The molecule has 0 aliphatic carbocycles. The van der Waals surface area contributed by atoms with E-state index in [0.717, 1.165) is 11.3 Å². The van der Waals surface area contributed by atoms with Gasteiger partial charge in [0.1, 0.15) is 17.6 Å². The molecule has 1 N–H and O–H groups in total. The number of hydrogen-bond acceptors (Lipinski definition) is 6. The molecule has 1 spiro atoms. The summed E-state index contributed by atoms with van der Waals surface area (Å²) in [5, 5.41) is 11.6. The van der Waals surface area contributed by atoms with Crippen molar-refractivity contribution < 1.29 is 29.0 Å². The van der Waals surface area contributed by atoms with Gasteiger partial charge < -0.3 is 24.4 Å². The topological polar surface area (TPSA) is 96.4 Å². The van der Waals surface area contributed by atoms with Crippen LogP contribution in [0.3, 0.4) is 0 Å². The van der Waals surface area contributed by atoms with Crippen LogP contribution in [-0.2, 0) is 31.1 Å². The number of nitrogens with zero attached hydrogens (tertiary/aromatic N) is 2. The number of hydrogen-bond donors (Lipinski definition) is 1. The molecule has 182 valence electrons. The molecule has 2 aromatic carbocycles. The van der Waals surface area contributed by atoms with E-state index in [2.05, 4.69) is 0 Å². The molecule has 35 heavy (non-hydrogen) atoms. The second-order valence-electron chi connectivity index (χ2n) is 9.14. The number of methoxy groups -OCH3 is 1. The minimum Gasteiger partial charge on any atom is -0.507 e. The molecular weight excluding hydrogens is 448 g/mol. The van der Waals surface area contributed by atoms with E-state index in [-0.39, 0.29) is 30.6 Å². The van der Waals surface area contributed by atoms with Gasteiger partial charge in [0.2, 0.25) is 0 Å². The number of aliphatic hydroxyl groups excluding tert-OH is 1. The lowest BCUT2D eigenvalue weighted by molar-refractivity contribution is -0.144. The van der Waals surface area contributed by atoms with Crippen LogP contribution in [0.2, 0.25) is 0 Å². The third-order valence-corrected chi connectivity index (χ3v) is 6.94. The molecule has 5 rings (SSSR count). The minimum atomic E-state index is -1.76. The predicted molar refractivity (Wildman–Crippen MR) is 129 cm³/mol. The first-order valence-corrected chi connectivity index (χ1v) is 11.9. The summed E-state index contributed by atoms with van der Waals surface area (Å²) in [4.78, 5) is 43.9. The van der Waals surface area contributed by atoms with E-state index < -0.39 is 23.1 Å². The normalized spacial score (nSPS) is 24.3. The van der Waals surface area contributed by atoms with Crippen LogP contribution in [0.5, 0.6) is 5.75 Å². The zero-order chi connectivity index (χ0) is 24.9. The smallest absolute Gasteiger partial charge is 0.296 e. The van der Waals surface area contributed by atoms with Crippen LogP contribution >= 0.6 is 0 Å². The highest BCUT2D eigenvalue weighted by molar-refractivity contribution is 6.50. The van der Waals surface area contributed by atoms with Gasteiger partial charge in [-0.2, -0.15) is 0 Å². The average Bonchev–Trinajstić information content (AvgIpc) is 3.42. The van der Waals surface area contributed by atoms with Crippen molar-refractivity contribution in [1.82, 2.24) is 4.90 Å². The molecular formula is C27H28N2O6. The second-order valence-corrected chi connectivity index (χ2v) is 9.14. The lowest BCUT2D eigenvalue weighted by Gasteiger charge is -2.34. The van der Waals surface area contributed by atoms with Crippen molar-refractivity contribution in [3.8, 4) is 5.75 Å². The van der Waals surface area contributed by atoms with Gasteiger partial charge in [0, 0.05) is 37.7 Å². The fourth-order valence-electron chi connectivity index (χ4n) is 5.51. The summed E-state index contributed by atoms with van der Waals surface area (Å²) in [6.07, 6.45) is 1.35. The van der Waals surface area contributed by atoms with Crippen molar-refractivity contribution in [3.63, 3.8) is 0 Å². The highest BCUT2D eigenvalue weighted by atomic mass is 16.5. The summed E-state index contributed by atoms with van der Waals surface area (Å²) in [5.74, 6) is -1.78.